The van der Waals surface area contributed by atoms with E-state index < -0.39 is 30.5 Å². The highest BCUT2D eigenvalue weighted by Crippen LogP contribution is 2.20. The number of alkyl halides is 3. The lowest BCUT2D eigenvalue weighted by molar-refractivity contribution is -0.152. The minimum absolute atomic E-state index is 0.0352. The molecule has 1 unspecified atom stereocenters. The number of hydrogen-bond donors (Lipinski definition) is 2. The number of anilines is 2. The molecule has 0 spiro atoms. The Kier molecular flexibility index (Phi) is 5.54. The van der Waals surface area contributed by atoms with Gasteiger partial charge in [0.2, 0.25) is 5.91 Å². The lowest BCUT2D eigenvalue weighted by atomic mass is 10.2. The van der Waals surface area contributed by atoms with Crippen LogP contribution in [0.5, 0.6) is 0 Å². The third-order valence-corrected chi connectivity index (χ3v) is 2.96. The van der Waals surface area contributed by atoms with Crippen LogP contribution in [-0.4, -0.2) is 36.1 Å². The van der Waals surface area contributed by atoms with E-state index in [1.807, 2.05) is 0 Å². The highest BCUT2D eigenvalue weighted by molar-refractivity contribution is 5.95. The van der Waals surface area contributed by atoms with Gasteiger partial charge in [-0.15, -0.1) is 0 Å². The first-order chi connectivity index (χ1) is 9.64. The average Bonchev–Trinajstić information content (AvgIpc) is 2.38. The van der Waals surface area contributed by atoms with Crippen molar-refractivity contribution in [2.24, 2.45) is 0 Å². The fraction of sp³-hybridized carbons (Fsp3) is 0.462. The van der Waals surface area contributed by atoms with Crippen molar-refractivity contribution in [2.75, 3.05) is 24.1 Å². The molecule has 0 saturated carbocycles. The van der Waals surface area contributed by atoms with E-state index in [1.165, 1.54) is 26.0 Å². The highest BCUT2D eigenvalue weighted by Gasteiger charge is 2.34. The molecule has 1 atom stereocenters. The second-order valence-corrected chi connectivity index (χ2v) is 4.58. The van der Waals surface area contributed by atoms with Gasteiger partial charge in [-0.3, -0.25) is 9.69 Å². The number of nitrogens with one attached hydrogen (secondary N) is 1. The van der Waals surface area contributed by atoms with Crippen LogP contribution < -0.4 is 11.1 Å². The number of halogens is 4. The quantitative estimate of drug-likeness (QED) is 0.649. The van der Waals surface area contributed by atoms with E-state index in [0.717, 1.165) is 11.0 Å². The summed E-state index contributed by atoms with van der Waals surface area (Å²) in [6, 6.07) is 2.54. The van der Waals surface area contributed by atoms with Crippen LogP contribution >= 0.6 is 0 Å². The summed E-state index contributed by atoms with van der Waals surface area (Å²) in [4.78, 5) is 12.9. The largest absolute Gasteiger partial charge is 0.401 e. The molecule has 118 valence electrons. The molecule has 0 fully saturated rings. The number of nitrogens with zero attached hydrogens (tertiary/aromatic N) is 1. The first-order valence-electron chi connectivity index (χ1n) is 6.30. The number of rotatable bonds is 5. The summed E-state index contributed by atoms with van der Waals surface area (Å²) in [6.45, 7) is 1.66. The van der Waals surface area contributed by atoms with E-state index in [-0.39, 0.29) is 17.9 Å². The number of hydrogen-bond acceptors (Lipinski definition) is 3. The normalized spacial score (nSPS) is 13.3. The average molecular weight is 307 g/mol. The highest BCUT2D eigenvalue weighted by atomic mass is 19.4. The Morgan fingerprint density at radius 3 is 2.57 bits per heavy atom. The number of benzene rings is 1. The van der Waals surface area contributed by atoms with Crippen LogP contribution in [0.2, 0.25) is 0 Å². The van der Waals surface area contributed by atoms with Crippen LogP contribution in [0.4, 0.5) is 28.9 Å². The second-order valence-electron chi connectivity index (χ2n) is 4.58. The number of carbonyl (C=O) groups is 1. The van der Waals surface area contributed by atoms with Gasteiger partial charge in [0.25, 0.3) is 0 Å². The lowest BCUT2D eigenvalue weighted by Gasteiger charge is -2.27. The summed E-state index contributed by atoms with van der Waals surface area (Å²) >= 11 is 0. The first kappa shape index (κ1) is 17.2. The molecule has 0 aliphatic rings. The zero-order valence-corrected chi connectivity index (χ0v) is 11.7. The molecular weight excluding hydrogens is 290 g/mol. The Labute approximate surface area is 119 Å². The molecule has 1 rings (SSSR count). The van der Waals surface area contributed by atoms with Gasteiger partial charge in [0.05, 0.1) is 18.3 Å². The Hall–Kier alpha value is -1.83. The lowest BCUT2D eigenvalue weighted by Crippen LogP contribution is -2.46. The molecule has 1 aromatic rings. The van der Waals surface area contributed by atoms with Crippen LogP contribution in [0.1, 0.15) is 13.8 Å². The summed E-state index contributed by atoms with van der Waals surface area (Å²) in [5, 5.41) is 2.25. The van der Waals surface area contributed by atoms with E-state index in [4.69, 9.17) is 5.73 Å². The Morgan fingerprint density at radius 1 is 1.43 bits per heavy atom. The van der Waals surface area contributed by atoms with Crippen molar-refractivity contribution in [1.82, 2.24) is 4.90 Å². The van der Waals surface area contributed by atoms with Crippen molar-refractivity contribution in [3.63, 3.8) is 0 Å². The van der Waals surface area contributed by atoms with Crippen LogP contribution in [-0.2, 0) is 4.79 Å². The van der Waals surface area contributed by atoms with Gasteiger partial charge in [-0.25, -0.2) is 4.39 Å². The minimum Gasteiger partial charge on any atom is -0.399 e. The summed E-state index contributed by atoms with van der Waals surface area (Å²) in [7, 11) is 0. The second kappa shape index (κ2) is 6.75. The topological polar surface area (TPSA) is 58.4 Å². The molecule has 21 heavy (non-hydrogen) atoms. The molecule has 0 aromatic heterocycles. The molecule has 0 heterocycles. The smallest absolute Gasteiger partial charge is 0.399 e. The predicted molar refractivity (Wildman–Crippen MR) is 72.2 cm³/mol. The van der Waals surface area contributed by atoms with Crippen LogP contribution in [0.25, 0.3) is 0 Å². The third kappa shape index (κ3) is 5.22. The first-order valence-corrected chi connectivity index (χ1v) is 6.30. The number of nitrogens with two attached hydrogens (primary N) is 1. The Balaban J connectivity index is 2.79. The molecule has 0 saturated heterocycles. The van der Waals surface area contributed by atoms with Crippen molar-refractivity contribution in [1.29, 1.82) is 0 Å². The number of amides is 1. The number of carbonyl (C=O) groups excluding carboxylic acids is 1. The fourth-order valence-corrected chi connectivity index (χ4v) is 1.79. The van der Waals surface area contributed by atoms with Gasteiger partial charge in [0, 0.05) is 5.69 Å². The molecule has 8 heteroatoms. The summed E-state index contributed by atoms with van der Waals surface area (Å²) in [6.07, 6.45) is -4.41. The van der Waals surface area contributed by atoms with Crippen LogP contribution in [0.3, 0.4) is 0 Å². The number of likely N-dealkylation sites (N-methyl/N-ethyl adjacent to an activating group) is 1. The van der Waals surface area contributed by atoms with Crippen LogP contribution in [0.15, 0.2) is 18.2 Å². The molecule has 3 N–H and O–H groups in total. The molecule has 1 aromatic carbocycles. The van der Waals surface area contributed by atoms with E-state index >= 15 is 0 Å². The van der Waals surface area contributed by atoms with Gasteiger partial charge >= 0.3 is 6.18 Å². The van der Waals surface area contributed by atoms with Crippen molar-refractivity contribution < 1.29 is 22.4 Å². The zero-order valence-electron chi connectivity index (χ0n) is 11.7. The predicted octanol–water partition coefficient (Wildman–Crippen LogP) is 2.62. The Bertz CT molecular complexity index is 505. The van der Waals surface area contributed by atoms with Crippen LogP contribution in [0, 0.1) is 5.82 Å². The van der Waals surface area contributed by atoms with Gasteiger partial charge in [-0.05, 0) is 31.7 Å². The van der Waals surface area contributed by atoms with Crippen molar-refractivity contribution in [2.45, 2.75) is 26.1 Å². The summed E-state index contributed by atoms with van der Waals surface area (Å²) < 4.78 is 50.7. The molecule has 0 radical (unpaired) electrons. The molecule has 0 aliphatic heterocycles. The molecular formula is C13H17F4N3O. The fourth-order valence-electron chi connectivity index (χ4n) is 1.79. The molecule has 4 nitrogen and oxygen atoms in total. The van der Waals surface area contributed by atoms with Gasteiger partial charge < -0.3 is 11.1 Å². The zero-order chi connectivity index (χ0) is 16.2. The maximum absolute atomic E-state index is 13.5. The molecule has 0 bridgehead atoms. The Morgan fingerprint density at radius 2 is 2.05 bits per heavy atom. The summed E-state index contributed by atoms with van der Waals surface area (Å²) in [5.41, 5.74) is 5.55. The van der Waals surface area contributed by atoms with E-state index in [0.29, 0.717) is 0 Å². The minimum atomic E-state index is -4.41. The maximum atomic E-state index is 13.5. The standard InChI is InChI=1S/C13H17F4N3O/c1-3-20(7-13(15,16)17)8(2)12(21)19-11-6-9(18)4-5-10(11)14/h4-6,8H,3,7,18H2,1-2H3,(H,19,21). The van der Waals surface area contributed by atoms with Gasteiger partial charge in [-0.2, -0.15) is 13.2 Å². The van der Waals surface area contributed by atoms with Gasteiger partial charge in [0.15, 0.2) is 0 Å². The van der Waals surface area contributed by atoms with Crippen molar-refractivity contribution in [3.8, 4) is 0 Å². The van der Waals surface area contributed by atoms with E-state index in [9.17, 15) is 22.4 Å². The molecule has 1 amide bonds. The van der Waals surface area contributed by atoms with Crippen molar-refractivity contribution >= 4 is 17.3 Å². The maximum Gasteiger partial charge on any atom is 0.401 e. The summed E-state index contributed by atoms with van der Waals surface area (Å²) in [5.74, 6) is -1.44. The van der Waals surface area contributed by atoms with Gasteiger partial charge in [0.1, 0.15) is 5.82 Å². The molecule has 0 aliphatic carbocycles. The van der Waals surface area contributed by atoms with Gasteiger partial charge in [-0.1, -0.05) is 6.92 Å². The third-order valence-electron chi connectivity index (χ3n) is 2.96. The number of nitrogen functional groups attached to an aromatic ring is 1. The van der Waals surface area contributed by atoms with E-state index in [1.54, 1.807) is 0 Å². The monoisotopic (exact) mass is 307 g/mol. The SMILES string of the molecule is CCN(CC(F)(F)F)C(C)C(=O)Nc1cc(N)ccc1F. The van der Waals surface area contributed by atoms with Crippen molar-refractivity contribution in [3.05, 3.63) is 24.0 Å². The van der Waals surface area contributed by atoms with E-state index in [2.05, 4.69) is 5.32 Å².